The SMILES string of the molecule is Cc1nc(C(C)NCCC(C)c2ccccc2)c(C)s1. The maximum absolute atomic E-state index is 4.62. The van der Waals surface area contributed by atoms with Crippen molar-refractivity contribution < 1.29 is 0 Å². The van der Waals surface area contributed by atoms with E-state index in [9.17, 15) is 0 Å². The van der Waals surface area contributed by atoms with Gasteiger partial charge in [-0.15, -0.1) is 11.3 Å². The molecular formula is C17H24N2S. The molecule has 2 nitrogen and oxygen atoms in total. The summed E-state index contributed by atoms with van der Waals surface area (Å²) in [7, 11) is 0. The molecule has 0 spiro atoms. The Bertz CT molecular complexity index is 533. The van der Waals surface area contributed by atoms with Crippen LogP contribution in [0.1, 0.15) is 53.4 Å². The molecule has 1 N–H and O–H groups in total. The van der Waals surface area contributed by atoms with Gasteiger partial charge in [0.05, 0.1) is 10.7 Å². The third-order valence-corrected chi connectivity index (χ3v) is 4.65. The van der Waals surface area contributed by atoms with Crippen LogP contribution in [0, 0.1) is 13.8 Å². The third-order valence-electron chi connectivity index (χ3n) is 3.75. The minimum Gasteiger partial charge on any atom is -0.309 e. The van der Waals surface area contributed by atoms with E-state index in [0.29, 0.717) is 12.0 Å². The average molecular weight is 288 g/mol. The predicted octanol–water partition coefficient (Wildman–Crippen LogP) is 4.60. The van der Waals surface area contributed by atoms with Crippen LogP contribution in [0.2, 0.25) is 0 Å². The van der Waals surface area contributed by atoms with Gasteiger partial charge in [-0.1, -0.05) is 37.3 Å². The monoisotopic (exact) mass is 288 g/mol. The molecule has 3 heteroatoms. The van der Waals surface area contributed by atoms with Crippen molar-refractivity contribution in [2.24, 2.45) is 0 Å². The largest absolute Gasteiger partial charge is 0.309 e. The van der Waals surface area contributed by atoms with Crippen LogP contribution in [0.4, 0.5) is 0 Å². The van der Waals surface area contributed by atoms with Gasteiger partial charge in [0.15, 0.2) is 0 Å². The van der Waals surface area contributed by atoms with Gasteiger partial charge < -0.3 is 5.32 Å². The molecule has 1 aromatic heterocycles. The van der Waals surface area contributed by atoms with Gasteiger partial charge in [0.2, 0.25) is 0 Å². The Labute approximate surface area is 126 Å². The van der Waals surface area contributed by atoms with Crippen molar-refractivity contribution in [3.63, 3.8) is 0 Å². The molecule has 1 heterocycles. The number of hydrogen-bond acceptors (Lipinski definition) is 3. The lowest BCUT2D eigenvalue weighted by atomic mass is 9.98. The molecule has 0 aliphatic carbocycles. The zero-order valence-electron chi connectivity index (χ0n) is 12.8. The fraction of sp³-hybridized carbons (Fsp3) is 0.471. The molecule has 2 rings (SSSR count). The van der Waals surface area contributed by atoms with Gasteiger partial charge in [0, 0.05) is 10.9 Å². The number of rotatable bonds is 6. The summed E-state index contributed by atoms with van der Waals surface area (Å²) in [6.07, 6.45) is 1.15. The van der Waals surface area contributed by atoms with E-state index in [0.717, 1.165) is 18.0 Å². The standard InChI is InChI=1S/C17H24N2S/c1-12(16-8-6-5-7-9-16)10-11-18-13(2)17-14(3)20-15(4)19-17/h5-9,12-13,18H,10-11H2,1-4H3. The highest BCUT2D eigenvalue weighted by molar-refractivity contribution is 7.11. The fourth-order valence-electron chi connectivity index (χ4n) is 2.51. The van der Waals surface area contributed by atoms with E-state index < -0.39 is 0 Å². The third kappa shape index (κ3) is 3.90. The lowest BCUT2D eigenvalue weighted by Gasteiger charge is -2.16. The fourth-order valence-corrected chi connectivity index (χ4v) is 3.42. The van der Waals surface area contributed by atoms with Crippen molar-refractivity contribution in [1.82, 2.24) is 10.3 Å². The van der Waals surface area contributed by atoms with Crippen molar-refractivity contribution in [1.29, 1.82) is 0 Å². The van der Waals surface area contributed by atoms with Gasteiger partial charge in [0.25, 0.3) is 0 Å². The van der Waals surface area contributed by atoms with Gasteiger partial charge in [-0.25, -0.2) is 4.98 Å². The maximum atomic E-state index is 4.62. The van der Waals surface area contributed by atoms with Crippen LogP contribution in [-0.2, 0) is 0 Å². The zero-order chi connectivity index (χ0) is 14.5. The smallest absolute Gasteiger partial charge is 0.0900 e. The van der Waals surface area contributed by atoms with Crippen molar-refractivity contribution in [2.45, 2.75) is 46.1 Å². The highest BCUT2D eigenvalue weighted by atomic mass is 32.1. The van der Waals surface area contributed by atoms with E-state index in [4.69, 9.17) is 0 Å². The maximum Gasteiger partial charge on any atom is 0.0900 e. The quantitative estimate of drug-likeness (QED) is 0.840. The Morgan fingerprint density at radius 2 is 1.85 bits per heavy atom. The second-order valence-corrected chi connectivity index (χ2v) is 6.86. The Balaban J connectivity index is 1.82. The highest BCUT2D eigenvalue weighted by Crippen LogP contribution is 2.23. The molecule has 1 aromatic carbocycles. The molecule has 108 valence electrons. The van der Waals surface area contributed by atoms with Gasteiger partial charge in [-0.2, -0.15) is 0 Å². The first kappa shape index (κ1) is 15.2. The van der Waals surface area contributed by atoms with Crippen LogP contribution >= 0.6 is 11.3 Å². The number of thiazole rings is 1. The molecule has 2 atom stereocenters. The van der Waals surface area contributed by atoms with Crippen LogP contribution in [-0.4, -0.2) is 11.5 Å². The van der Waals surface area contributed by atoms with Gasteiger partial charge in [0.1, 0.15) is 0 Å². The van der Waals surface area contributed by atoms with Crippen molar-refractivity contribution in [2.75, 3.05) is 6.54 Å². The zero-order valence-corrected chi connectivity index (χ0v) is 13.6. The van der Waals surface area contributed by atoms with Crippen LogP contribution in [0.5, 0.6) is 0 Å². The number of nitrogens with one attached hydrogen (secondary N) is 1. The van der Waals surface area contributed by atoms with E-state index in [1.807, 2.05) is 0 Å². The number of hydrogen-bond donors (Lipinski definition) is 1. The first-order valence-corrected chi connectivity index (χ1v) is 8.12. The lowest BCUT2D eigenvalue weighted by Crippen LogP contribution is -2.22. The first-order chi connectivity index (χ1) is 9.58. The number of nitrogens with zero attached hydrogens (tertiary/aromatic N) is 1. The summed E-state index contributed by atoms with van der Waals surface area (Å²) in [5.74, 6) is 0.592. The van der Waals surface area contributed by atoms with E-state index in [-0.39, 0.29) is 0 Å². The lowest BCUT2D eigenvalue weighted by molar-refractivity contribution is 0.523. The van der Waals surface area contributed by atoms with Crippen LogP contribution in [0.15, 0.2) is 30.3 Å². The molecule has 2 aromatic rings. The second-order valence-electron chi connectivity index (χ2n) is 5.45. The normalized spacial score (nSPS) is 14.2. The molecule has 0 aliphatic rings. The molecule has 0 amide bonds. The molecule has 2 unspecified atom stereocenters. The number of benzene rings is 1. The van der Waals surface area contributed by atoms with Crippen molar-refractivity contribution in [3.8, 4) is 0 Å². The first-order valence-electron chi connectivity index (χ1n) is 7.30. The summed E-state index contributed by atoms with van der Waals surface area (Å²) >= 11 is 1.78. The van der Waals surface area contributed by atoms with E-state index in [1.54, 1.807) is 11.3 Å². The predicted molar refractivity (Wildman–Crippen MR) is 87.5 cm³/mol. The topological polar surface area (TPSA) is 24.9 Å². The molecule has 0 saturated heterocycles. The number of aromatic nitrogens is 1. The van der Waals surface area contributed by atoms with Gasteiger partial charge in [-0.3, -0.25) is 0 Å². The molecule has 0 fully saturated rings. The molecular weight excluding hydrogens is 264 g/mol. The van der Waals surface area contributed by atoms with Crippen LogP contribution in [0.3, 0.4) is 0 Å². The minimum absolute atomic E-state index is 0.336. The molecule has 0 radical (unpaired) electrons. The minimum atomic E-state index is 0.336. The van der Waals surface area contributed by atoms with E-state index >= 15 is 0 Å². The van der Waals surface area contributed by atoms with Crippen LogP contribution < -0.4 is 5.32 Å². The molecule has 0 aliphatic heterocycles. The average Bonchev–Trinajstić information content (AvgIpc) is 2.78. The second kappa shape index (κ2) is 7.00. The summed E-state index contributed by atoms with van der Waals surface area (Å²) in [5.41, 5.74) is 2.63. The van der Waals surface area contributed by atoms with Gasteiger partial charge >= 0.3 is 0 Å². The Morgan fingerprint density at radius 1 is 1.15 bits per heavy atom. The van der Waals surface area contributed by atoms with Gasteiger partial charge in [-0.05, 0) is 45.2 Å². The summed E-state index contributed by atoms with van der Waals surface area (Å²) in [6, 6.07) is 11.1. The summed E-state index contributed by atoms with van der Waals surface area (Å²) in [6.45, 7) is 9.75. The summed E-state index contributed by atoms with van der Waals surface area (Å²) in [5, 5.41) is 4.75. The Hall–Kier alpha value is -1.19. The van der Waals surface area contributed by atoms with E-state index in [2.05, 4.69) is 68.3 Å². The number of aryl methyl sites for hydroxylation is 2. The van der Waals surface area contributed by atoms with Crippen molar-refractivity contribution >= 4 is 11.3 Å². The molecule has 0 bridgehead atoms. The Morgan fingerprint density at radius 3 is 2.45 bits per heavy atom. The van der Waals surface area contributed by atoms with E-state index in [1.165, 1.54) is 16.1 Å². The van der Waals surface area contributed by atoms with Crippen LogP contribution in [0.25, 0.3) is 0 Å². The van der Waals surface area contributed by atoms with Crippen molar-refractivity contribution in [3.05, 3.63) is 51.5 Å². The summed E-state index contributed by atoms with van der Waals surface area (Å²) < 4.78 is 0. The molecule has 20 heavy (non-hydrogen) atoms. The summed E-state index contributed by atoms with van der Waals surface area (Å²) in [4.78, 5) is 5.95. The highest BCUT2D eigenvalue weighted by Gasteiger charge is 2.13. The Kier molecular flexibility index (Phi) is 5.32. The molecule has 0 saturated carbocycles.